The second kappa shape index (κ2) is 11.9. The summed E-state index contributed by atoms with van der Waals surface area (Å²) in [6.45, 7) is 7.54. The highest BCUT2D eigenvalue weighted by Gasteiger charge is 2.18. The number of nitrogens with one attached hydrogen (secondary N) is 1. The van der Waals surface area contributed by atoms with Crippen molar-refractivity contribution in [2.24, 2.45) is 10.9 Å². The number of carbonyl (C=O) groups is 1. The molecule has 0 fully saturated rings. The van der Waals surface area contributed by atoms with Crippen molar-refractivity contribution in [2.75, 3.05) is 7.11 Å². The number of halogens is 1. The lowest BCUT2D eigenvalue weighted by atomic mass is 10.1. The SMILES string of the molecule is CC[C@H](C)Oc1ccc(/N=c2\[nH]c(=O)n(C[C@H](C)C(=O)OC)c(=O)n2Cc2ccc(C)cc2)cc1Cl. The van der Waals surface area contributed by atoms with Gasteiger partial charge in [0.1, 0.15) is 5.75 Å². The largest absolute Gasteiger partial charge is 0.489 e. The molecule has 2 aromatic carbocycles. The van der Waals surface area contributed by atoms with Crippen molar-refractivity contribution < 1.29 is 14.3 Å². The van der Waals surface area contributed by atoms with E-state index >= 15 is 0 Å². The van der Waals surface area contributed by atoms with E-state index in [4.69, 9.17) is 21.1 Å². The van der Waals surface area contributed by atoms with E-state index in [0.29, 0.717) is 16.5 Å². The Hall–Kier alpha value is -3.59. The highest BCUT2D eigenvalue weighted by Crippen LogP contribution is 2.29. The minimum atomic E-state index is -0.693. The fourth-order valence-corrected chi connectivity index (χ4v) is 3.67. The third kappa shape index (κ3) is 6.54. The van der Waals surface area contributed by atoms with Crippen LogP contribution in [0.4, 0.5) is 5.69 Å². The summed E-state index contributed by atoms with van der Waals surface area (Å²) in [7, 11) is 1.26. The fourth-order valence-electron chi connectivity index (χ4n) is 3.45. The second-order valence-corrected chi connectivity index (χ2v) is 9.11. The lowest BCUT2D eigenvalue weighted by molar-refractivity contribution is -0.145. The van der Waals surface area contributed by atoms with Crippen LogP contribution in [0.25, 0.3) is 0 Å². The third-order valence-electron chi connectivity index (χ3n) is 5.76. The Morgan fingerprint density at radius 1 is 1.11 bits per heavy atom. The molecular weight excluding hydrogens is 484 g/mol. The van der Waals surface area contributed by atoms with E-state index < -0.39 is 23.3 Å². The van der Waals surface area contributed by atoms with E-state index in [-0.39, 0.29) is 24.8 Å². The van der Waals surface area contributed by atoms with E-state index in [1.807, 2.05) is 45.0 Å². The van der Waals surface area contributed by atoms with Crippen LogP contribution in [0, 0.1) is 12.8 Å². The first-order valence-corrected chi connectivity index (χ1v) is 12.1. The third-order valence-corrected chi connectivity index (χ3v) is 6.05. The quantitative estimate of drug-likeness (QED) is 0.439. The smallest absolute Gasteiger partial charge is 0.335 e. The molecule has 0 saturated carbocycles. The highest BCUT2D eigenvalue weighted by atomic mass is 35.5. The second-order valence-electron chi connectivity index (χ2n) is 8.71. The molecule has 0 spiro atoms. The van der Waals surface area contributed by atoms with Crippen LogP contribution >= 0.6 is 11.6 Å². The van der Waals surface area contributed by atoms with Crippen LogP contribution in [-0.2, 0) is 22.6 Å². The molecule has 0 radical (unpaired) electrons. The van der Waals surface area contributed by atoms with Crippen LogP contribution in [0.3, 0.4) is 0 Å². The maximum Gasteiger partial charge on any atom is 0.335 e. The first-order valence-electron chi connectivity index (χ1n) is 11.7. The van der Waals surface area contributed by atoms with Crippen LogP contribution in [-0.4, -0.2) is 33.3 Å². The van der Waals surface area contributed by atoms with Crippen LogP contribution in [0.1, 0.15) is 38.3 Å². The van der Waals surface area contributed by atoms with E-state index in [2.05, 4.69) is 9.98 Å². The molecule has 0 aliphatic rings. The number of H-pyrrole nitrogens is 1. The zero-order valence-corrected chi connectivity index (χ0v) is 21.8. The van der Waals surface area contributed by atoms with Crippen LogP contribution in [0.5, 0.6) is 5.75 Å². The number of aromatic nitrogens is 3. The van der Waals surface area contributed by atoms with Gasteiger partial charge in [0.05, 0.1) is 36.4 Å². The van der Waals surface area contributed by atoms with Gasteiger partial charge in [0.25, 0.3) is 0 Å². The number of aromatic amines is 1. The molecule has 3 aromatic rings. The molecule has 3 rings (SSSR count). The van der Waals surface area contributed by atoms with Gasteiger partial charge in [-0.1, -0.05) is 55.3 Å². The summed E-state index contributed by atoms with van der Waals surface area (Å²) in [5.74, 6) is -0.686. The molecule has 0 aliphatic carbocycles. The molecule has 36 heavy (non-hydrogen) atoms. The van der Waals surface area contributed by atoms with Crippen molar-refractivity contribution in [3.63, 3.8) is 0 Å². The van der Waals surface area contributed by atoms with Gasteiger partial charge in [0.2, 0.25) is 5.62 Å². The number of carbonyl (C=O) groups excluding carboxylic acids is 1. The molecule has 0 bridgehead atoms. The molecule has 1 heterocycles. The molecule has 1 aromatic heterocycles. The van der Waals surface area contributed by atoms with E-state index in [9.17, 15) is 14.4 Å². The number of nitrogens with zero attached hydrogens (tertiary/aromatic N) is 3. The number of methoxy groups -OCH3 is 1. The summed E-state index contributed by atoms with van der Waals surface area (Å²) >= 11 is 6.40. The average Bonchev–Trinajstić information content (AvgIpc) is 2.86. The van der Waals surface area contributed by atoms with Crippen LogP contribution in [0.2, 0.25) is 5.02 Å². The summed E-state index contributed by atoms with van der Waals surface area (Å²) in [5, 5.41) is 0.365. The topological polar surface area (TPSA) is 108 Å². The van der Waals surface area contributed by atoms with Gasteiger partial charge >= 0.3 is 17.3 Å². The molecule has 192 valence electrons. The van der Waals surface area contributed by atoms with E-state index in [0.717, 1.165) is 22.1 Å². The highest BCUT2D eigenvalue weighted by molar-refractivity contribution is 6.32. The average molecular weight is 515 g/mol. The molecule has 0 saturated heterocycles. The monoisotopic (exact) mass is 514 g/mol. The zero-order valence-electron chi connectivity index (χ0n) is 21.1. The van der Waals surface area contributed by atoms with Crippen molar-refractivity contribution in [1.29, 1.82) is 0 Å². The van der Waals surface area contributed by atoms with Crippen LogP contribution in [0.15, 0.2) is 57.0 Å². The summed E-state index contributed by atoms with van der Waals surface area (Å²) in [6.07, 6.45) is 0.825. The summed E-state index contributed by atoms with van der Waals surface area (Å²) in [6, 6.07) is 12.7. The maximum atomic E-state index is 13.4. The lowest BCUT2D eigenvalue weighted by Crippen LogP contribution is -2.51. The molecule has 0 aliphatic heterocycles. The van der Waals surface area contributed by atoms with Gasteiger partial charge in [-0.25, -0.2) is 19.1 Å². The standard InChI is InChI=1S/C26H31ClN4O5/c1-6-18(4)36-22-12-11-20(13-21(22)27)28-24-29-25(33)31(14-17(3)23(32)35-5)26(34)30(24)15-19-9-7-16(2)8-10-19/h7-13,17-18H,6,14-15H2,1-5H3,(H,28,29,33)/t17-,18-/m0/s1. The molecule has 0 amide bonds. The predicted octanol–water partition coefficient (Wildman–Crippen LogP) is 3.57. The van der Waals surface area contributed by atoms with Gasteiger partial charge < -0.3 is 9.47 Å². The molecule has 10 heteroatoms. The molecular formula is C26H31ClN4O5. The number of aryl methyl sites for hydroxylation is 1. The number of rotatable bonds is 9. The summed E-state index contributed by atoms with van der Waals surface area (Å²) in [4.78, 5) is 45.4. The number of benzene rings is 2. The summed E-state index contributed by atoms with van der Waals surface area (Å²) < 4.78 is 12.9. The van der Waals surface area contributed by atoms with Crippen molar-refractivity contribution >= 4 is 23.3 Å². The molecule has 2 atom stereocenters. The lowest BCUT2D eigenvalue weighted by Gasteiger charge is -2.15. The molecule has 0 unspecified atom stereocenters. The number of hydrogen-bond acceptors (Lipinski definition) is 6. The Morgan fingerprint density at radius 2 is 1.81 bits per heavy atom. The maximum absolute atomic E-state index is 13.4. The van der Waals surface area contributed by atoms with E-state index in [1.165, 1.54) is 11.7 Å². The van der Waals surface area contributed by atoms with Gasteiger partial charge in [-0.3, -0.25) is 14.3 Å². The minimum Gasteiger partial charge on any atom is -0.489 e. The number of hydrogen-bond donors (Lipinski definition) is 1. The first kappa shape index (κ1) is 27.0. The predicted molar refractivity (Wildman–Crippen MR) is 138 cm³/mol. The number of esters is 1. The number of ether oxygens (including phenoxy) is 2. The zero-order chi connectivity index (χ0) is 26.4. The Labute approximate surface area is 214 Å². The first-order chi connectivity index (χ1) is 17.1. The van der Waals surface area contributed by atoms with Gasteiger partial charge in [-0.2, -0.15) is 0 Å². The van der Waals surface area contributed by atoms with Crippen LogP contribution < -0.4 is 21.7 Å². The normalized spacial score (nSPS) is 13.3. The van der Waals surface area contributed by atoms with Crippen molar-refractivity contribution in [1.82, 2.24) is 14.1 Å². The Kier molecular flexibility index (Phi) is 8.93. The Bertz CT molecular complexity index is 1410. The van der Waals surface area contributed by atoms with Crippen molar-refractivity contribution in [3.8, 4) is 5.75 Å². The minimum absolute atomic E-state index is 0.00159. The Balaban J connectivity index is 2.13. The van der Waals surface area contributed by atoms with Gasteiger partial charge in [-0.15, -0.1) is 0 Å². The van der Waals surface area contributed by atoms with Gasteiger partial charge in [0, 0.05) is 6.54 Å². The van der Waals surface area contributed by atoms with Crippen molar-refractivity contribution in [2.45, 2.75) is 53.3 Å². The summed E-state index contributed by atoms with van der Waals surface area (Å²) in [5.41, 5.74) is 1.13. The van der Waals surface area contributed by atoms with Gasteiger partial charge in [-0.05, 0) is 44.0 Å². The van der Waals surface area contributed by atoms with Gasteiger partial charge in [0.15, 0.2) is 0 Å². The van der Waals surface area contributed by atoms with E-state index in [1.54, 1.807) is 25.1 Å². The molecule has 9 nitrogen and oxygen atoms in total. The Morgan fingerprint density at radius 3 is 2.42 bits per heavy atom. The molecule has 1 N–H and O–H groups in total. The van der Waals surface area contributed by atoms with Crippen molar-refractivity contribution in [3.05, 3.63) is 85.2 Å². The fraction of sp³-hybridized carbons (Fsp3) is 0.385.